The van der Waals surface area contributed by atoms with Gasteiger partial charge in [-0.05, 0) is 50.6 Å². The molecule has 23 heavy (non-hydrogen) atoms. The molecule has 3 nitrogen and oxygen atoms in total. The molecule has 0 saturated heterocycles. The van der Waals surface area contributed by atoms with E-state index in [1.807, 2.05) is 6.07 Å². The lowest BCUT2D eigenvalue weighted by molar-refractivity contribution is 0.463. The van der Waals surface area contributed by atoms with Gasteiger partial charge < -0.3 is 9.88 Å². The molecule has 3 rings (SSSR count). The number of halogens is 1. The number of hydrogen-bond acceptors (Lipinski definition) is 2. The standard InChI is InChI=1S/C19H22BrN3/c1-4-23-18-8-6-5-7-17(18)22-19(23)14(3)21-13(2)15-9-11-16(20)12-10-15/h5-14,21H,4H2,1-3H3/t13-,14-/m0/s1. The largest absolute Gasteiger partial charge is 0.327 e. The van der Waals surface area contributed by atoms with E-state index in [0.29, 0.717) is 0 Å². The Kier molecular flexibility index (Phi) is 4.83. The molecule has 1 N–H and O–H groups in total. The Morgan fingerprint density at radius 2 is 1.74 bits per heavy atom. The van der Waals surface area contributed by atoms with Gasteiger partial charge in [0.1, 0.15) is 5.82 Å². The van der Waals surface area contributed by atoms with Crippen molar-refractivity contribution in [2.45, 2.75) is 39.4 Å². The third-order valence-corrected chi connectivity index (χ3v) is 4.79. The lowest BCUT2D eigenvalue weighted by Crippen LogP contribution is -2.25. The van der Waals surface area contributed by atoms with E-state index in [1.165, 1.54) is 11.1 Å². The van der Waals surface area contributed by atoms with E-state index in [0.717, 1.165) is 22.4 Å². The minimum absolute atomic E-state index is 0.181. The lowest BCUT2D eigenvalue weighted by atomic mass is 10.1. The van der Waals surface area contributed by atoms with Crippen LogP contribution < -0.4 is 5.32 Å². The molecular weight excluding hydrogens is 350 g/mol. The van der Waals surface area contributed by atoms with Crippen LogP contribution in [0.4, 0.5) is 0 Å². The fourth-order valence-corrected chi connectivity index (χ4v) is 3.32. The Morgan fingerprint density at radius 3 is 2.43 bits per heavy atom. The van der Waals surface area contributed by atoms with Gasteiger partial charge in [-0.1, -0.05) is 40.2 Å². The van der Waals surface area contributed by atoms with E-state index in [4.69, 9.17) is 4.98 Å². The summed E-state index contributed by atoms with van der Waals surface area (Å²) in [6.07, 6.45) is 0. The third kappa shape index (κ3) is 3.33. The van der Waals surface area contributed by atoms with Crippen molar-refractivity contribution < 1.29 is 0 Å². The van der Waals surface area contributed by atoms with Crippen molar-refractivity contribution in [1.29, 1.82) is 0 Å². The second-order valence-electron chi connectivity index (χ2n) is 5.86. The van der Waals surface area contributed by atoms with Gasteiger partial charge in [-0.2, -0.15) is 0 Å². The number of rotatable bonds is 5. The van der Waals surface area contributed by atoms with Gasteiger partial charge in [0.2, 0.25) is 0 Å². The average Bonchev–Trinajstić information content (AvgIpc) is 2.94. The molecular formula is C19H22BrN3. The smallest absolute Gasteiger partial charge is 0.126 e. The Balaban J connectivity index is 1.85. The molecule has 2 atom stereocenters. The van der Waals surface area contributed by atoms with Crippen molar-refractivity contribution in [3.05, 3.63) is 64.4 Å². The zero-order valence-electron chi connectivity index (χ0n) is 13.8. The third-order valence-electron chi connectivity index (χ3n) is 4.26. The fraction of sp³-hybridized carbons (Fsp3) is 0.316. The molecule has 120 valence electrons. The number of hydrogen-bond donors (Lipinski definition) is 1. The Labute approximate surface area is 145 Å². The first kappa shape index (κ1) is 16.2. The molecule has 4 heteroatoms. The predicted molar refractivity (Wildman–Crippen MR) is 99.5 cm³/mol. The molecule has 0 aliphatic carbocycles. The first-order chi connectivity index (χ1) is 11.1. The number of aromatic nitrogens is 2. The topological polar surface area (TPSA) is 29.9 Å². The van der Waals surface area contributed by atoms with Crippen LogP contribution in [0, 0.1) is 0 Å². The highest BCUT2D eigenvalue weighted by molar-refractivity contribution is 9.10. The van der Waals surface area contributed by atoms with E-state index in [2.05, 4.69) is 89.0 Å². The molecule has 1 aromatic heterocycles. The maximum atomic E-state index is 4.84. The molecule has 0 unspecified atom stereocenters. The van der Waals surface area contributed by atoms with Crippen molar-refractivity contribution in [3.8, 4) is 0 Å². The number of imidazole rings is 1. The second kappa shape index (κ2) is 6.85. The van der Waals surface area contributed by atoms with Crippen LogP contribution in [-0.4, -0.2) is 9.55 Å². The van der Waals surface area contributed by atoms with Crippen LogP contribution in [0.5, 0.6) is 0 Å². The summed E-state index contributed by atoms with van der Waals surface area (Å²) in [5.74, 6) is 1.10. The van der Waals surface area contributed by atoms with Crippen molar-refractivity contribution in [2.24, 2.45) is 0 Å². The first-order valence-corrected chi connectivity index (χ1v) is 8.86. The number of nitrogens with one attached hydrogen (secondary N) is 1. The summed E-state index contributed by atoms with van der Waals surface area (Å²) in [6.45, 7) is 7.47. The zero-order valence-corrected chi connectivity index (χ0v) is 15.3. The summed E-state index contributed by atoms with van der Waals surface area (Å²) in [5, 5.41) is 3.67. The summed E-state index contributed by atoms with van der Waals surface area (Å²) >= 11 is 3.49. The Hall–Kier alpha value is -1.65. The molecule has 0 radical (unpaired) electrons. The monoisotopic (exact) mass is 371 g/mol. The van der Waals surface area contributed by atoms with E-state index >= 15 is 0 Å². The molecule has 0 aliphatic heterocycles. The van der Waals surface area contributed by atoms with Crippen LogP contribution in [0.3, 0.4) is 0 Å². The highest BCUT2D eigenvalue weighted by Crippen LogP contribution is 2.24. The molecule has 0 bridgehead atoms. The molecule has 0 fully saturated rings. The van der Waals surface area contributed by atoms with E-state index in [1.54, 1.807) is 0 Å². The van der Waals surface area contributed by atoms with Gasteiger partial charge in [0.15, 0.2) is 0 Å². The van der Waals surface area contributed by atoms with Crippen LogP contribution in [0.15, 0.2) is 53.0 Å². The predicted octanol–water partition coefficient (Wildman–Crippen LogP) is 5.23. The van der Waals surface area contributed by atoms with E-state index < -0.39 is 0 Å². The van der Waals surface area contributed by atoms with Gasteiger partial charge in [0, 0.05) is 17.1 Å². The summed E-state index contributed by atoms with van der Waals surface area (Å²) in [7, 11) is 0. The molecule has 3 aromatic rings. The fourth-order valence-electron chi connectivity index (χ4n) is 3.05. The van der Waals surface area contributed by atoms with Gasteiger partial charge in [-0.15, -0.1) is 0 Å². The average molecular weight is 372 g/mol. The highest BCUT2D eigenvalue weighted by atomic mass is 79.9. The van der Waals surface area contributed by atoms with Crippen LogP contribution >= 0.6 is 15.9 Å². The molecule has 1 heterocycles. The number of fused-ring (bicyclic) bond motifs is 1. The zero-order chi connectivity index (χ0) is 16.4. The van der Waals surface area contributed by atoms with Crippen LogP contribution in [0.25, 0.3) is 11.0 Å². The maximum Gasteiger partial charge on any atom is 0.126 e. The number of para-hydroxylation sites is 2. The van der Waals surface area contributed by atoms with Crippen molar-refractivity contribution >= 4 is 27.0 Å². The van der Waals surface area contributed by atoms with E-state index in [-0.39, 0.29) is 12.1 Å². The van der Waals surface area contributed by atoms with Gasteiger partial charge >= 0.3 is 0 Å². The van der Waals surface area contributed by atoms with Crippen LogP contribution in [-0.2, 0) is 6.54 Å². The number of nitrogens with zero attached hydrogens (tertiary/aromatic N) is 2. The SMILES string of the molecule is CCn1c([C@H](C)N[C@@H](C)c2ccc(Br)cc2)nc2ccccc21. The molecule has 0 spiro atoms. The van der Waals surface area contributed by atoms with Gasteiger partial charge in [-0.3, -0.25) is 0 Å². The van der Waals surface area contributed by atoms with Crippen LogP contribution in [0.2, 0.25) is 0 Å². The summed E-state index contributed by atoms with van der Waals surface area (Å²) in [4.78, 5) is 4.84. The van der Waals surface area contributed by atoms with Crippen molar-refractivity contribution in [2.75, 3.05) is 0 Å². The summed E-state index contributed by atoms with van der Waals surface area (Å²) in [6, 6.07) is 17.2. The van der Waals surface area contributed by atoms with Gasteiger partial charge in [-0.25, -0.2) is 4.98 Å². The minimum atomic E-state index is 0.181. The minimum Gasteiger partial charge on any atom is -0.327 e. The molecule has 0 amide bonds. The van der Waals surface area contributed by atoms with E-state index in [9.17, 15) is 0 Å². The Morgan fingerprint density at radius 1 is 1.04 bits per heavy atom. The Bertz CT molecular complexity index is 792. The highest BCUT2D eigenvalue weighted by Gasteiger charge is 2.17. The first-order valence-electron chi connectivity index (χ1n) is 8.06. The van der Waals surface area contributed by atoms with Gasteiger partial charge in [0.05, 0.1) is 17.1 Å². The van der Waals surface area contributed by atoms with Crippen LogP contribution in [0.1, 0.15) is 44.2 Å². The quantitative estimate of drug-likeness (QED) is 0.665. The summed E-state index contributed by atoms with van der Waals surface area (Å²) < 4.78 is 3.40. The van der Waals surface area contributed by atoms with Crippen molar-refractivity contribution in [1.82, 2.24) is 14.9 Å². The molecule has 2 aromatic carbocycles. The maximum absolute atomic E-state index is 4.84. The summed E-state index contributed by atoms with van der Waals surface area (Å²) in [5.41, 5.74) is 3.54. The lowest BCUT2D eigenvalue weighted by Gasteiger charge is -2.21. The normalized spacial score (nSPS) is 14.1. The van der Waals surface area contributed by atoms with Crippen molar-refractivity contribution in [3.63, 3.8) is 0 Å². The molecule has 0 aliphatic rings. The second-order valence-corrected chi connectivity index (χ2v) is 6.78. The number of benzene rings is 2. The molecule has 0 saturated carbocycles. The van der Waals surface area contributed by atoms with Gasteiger partial charge in [0.25, 0.3) is 0 Å². The number of aryl methyl sites for hydroxylation is 1.